The van der Waals surface area contributed by atoms with E-state index in [4.69, 9.17) is 4.74 Å². The number of pyridine rings is 1. The monoisotopic (exact) mass is 217 g/mol. The minimum atomic E-state index is 0.589. The van der Waals surface area contributed by atoms with E-state index >= 15 is 0 Å². The van der Waals surface area contributed by atoms with Crippen LogP contribution in [-0.4, -0.2) is 27.8 Å². The van der Waals surface area contributed by atoms with E-state index in [0.29, 0.717) is 5.92 Å². The molecule has 1 fully saturated rings. The van der Waals surface area contributed by atoms with Gasteiger partial charge in [-0.1, -0.05) is 6.07 Å². The Labute approximate surface area is 94.3 Å². The minimum absolute atomic E-state index is 0.589. The third-order valence-electron chi connectivity index (χ3n) is 3.01. The van der Waals surface area contributed by atoms with Gasteiger partial charge in [0.1, 0.15) is 0 Å². The van der Waals surface area contributed by atoms with Crippen molar-refractivity contribution in [2.75, 3.05) is 13.2 Å². The summed E-state index contributed by atoms with van der Waals surface area (Å²) in [6.07, 6.45) is 5.26. The predicted molar refractivity (Wildman–Crippen MR) is 60.2 cm³/mol. The molecule has 3 heterocycles. The molecule has 1 unspecified atom stereocenters. The van der Waals surface area contributed by atoms with E-state index in [-0.39, 0.29) is 0 Å². The Morgan fingerprint density at radius 2 is 2.44 bits per heavy atom. The van der Waals surface area contributed by atoms with E-state index in [1.165, 1.54) is 6.42 Å². The lowest BCUT2D eigenvalue weighted by atomic mass is 9.98. The van der Waals surface area contributed by atoms with Crippen LogP contribution in [0.5, 0.6) is 0 Å². The molecule has 1 aliphatic rings. The molecule has 0 radical (unpaired) electrons. The molecule has 16 heavy (non-hydrogen) atoms. The second-order valence-electron chi connectivity index (χ2n) is 4.32. The molecule has 0 bridgehead atoms. The van der Waals surface area contributed by atoms with E-state index < -0.39 is 0 Å². The van der Waals surface area contributed by atoms with Crippen LogP contribution in [0.15, 0.2) is 24.4 Å². The molecular formula is C12H15N3O. The van der Waals surface area contributed by atoms with Crippen LogP contribution < -0.4 is 0 Å². The second kappa shape index (κ2) is 4.22. The van der Waals surface area contributed by atoms with Crippen LogP contribution in [-0.2, 0) is 11.2 Å². The van der Waals surface area contributed by atoms with E-state index in [1.807, 2.05) is 28.9 Å². The molecule has 0 aromatic carbocycles. The largest absolute Gasteiger partial charge is 0.381 e. The normalized spacial score (nSPS) is 21.4. The maximum atomic E-state index is 5.47. The molecule has 2 aromatic rings. The van der Waals surface area contributed by atoms with Crippen molar-refractivity contribution < 1.29 is 4.74 Å². The topological polar surface area (TPSA) is 39.4 Å². The lowest BCUT2D eigenvalue weighted by molar-refractivity contribution is 0.0543. The zero-order valence-corrected chi connectivity index (χ0v) is 9.17. The van der Waals surface area contributed by atoms with Crippen molar-refractivity contribution in [3.8, 4) is 0 Å². The van der Waals surface area contributed by atoms with Crippen molar-refractivity contribution in [3.63, 3.8) is 0 Å². The lowest BCUT2D eigenvalue weighted by Gasteiger charge is -2.20. The fraction of sp³-hybridized carbons (Fsp3) is 0.500. The summed E-state index contributed by atoms with van der Waals surface area (Å²) in [5, 5.41) is 4.46. The summed E-state index contributed by atoms with van der Waals surface area (Å²) < 4.78 is 7.30. The fourth-order valence-corrected chi connectivity index (χ4v) is 2.19. The van der Waals surface area contributed by atoms with Gasteiger partial charge in [-0.25, -0.2) is 9.50 Å². The van der Waals surface area contributed by atoms with Crippen molar-refractivity contribution in [2.45, 2.75) is 19.3 Å². The molecule has 0 amide bonds. The molecule has 0 spiro atoms. The fourth-order valence-electron chi connectivity index (χ4n) is 2.19. The highest BCUT2D eigenvalue weighted by Gasteiger charge is 2.16. The standard InChI is InChI=1S/C12H15N3O/c1-2-6-15-12(5-1)13-11(14-15)8-10-4-3-7-16-9-10/h1-2,5-6,10H,3-4,7-9H2. The molecule has 1 atom stereocenters. The highest BCUT2D eigenvalue weighted by Crippen LogP contribution is 2.17. The number of ether oxygens (including phenoxy) is 1. The quantitative estimate of drug-likeness (QED) is 0.768. The first-order valence-corrected chi connectivity index (χ1v) is 5.80. The van der Waals surface area contributed by atoms with Gasteiger partial charge in [0.25, 0.3) is 0 Å². The lowest BCUT2D eigenvalue weighted by Crippen LogP contribution is -2.19. The number of hydrogen-bond acceptors (Lipinski definition) is 3. The number of aromatic nitrogens is 3. The highest BCUT2D eigenvalue weighted by molar-refractivity contribution is 5.36. The summed E-state index contributed by atoms with van der Waals surface area (Å²) in [5.41, 5.74) is 0.925. The van der Waals surface area contributed by atoms with E-state index in [9.17, 15) is 0 Å². The smallest absolute Gasteiger partial charge is 0.155 e. The van der Waals surface area contributed by atoms with Crippen LogP contribution >= 0.6 is 0 Å². The Morgan fingerprint density at radius 3 is 3.25 bits per heavy atom. The van der Waals surface area contributed by atoms with Gasteiger partial charge in [-0.05, 0) is 30.9 Å². The molecule has 4 heteroatoms. The summed E-state index contributed by atoms with van der Waals surface area (Å²) in [5.74, 6) is 1.52. The minimum Gasteiger partial charge on any atom is -0.381 e. The average Bonchev–Trinajstić information content (AvgIpc) is 2.72. The molecule has 2 aromatic heterocycles. The van der Waals surface area contributed by atoms with Crippen molar-refractivity contribution in [3.05, 3.63) is 30.2 Å². The molecule has 0 saturated carbocycles. The van der Waals surface area contributed by atoms with Gasteiger partial charge in [0.2, 0.25) is 0 Å². The summed E-state index contributed by atoms with van der Waals surface area (Å²) in [6.45, 7) is 1.77. The Kier molecular flexibility index (Phi) is 2.58. The Hall–Kier alpha value is -1.42. The van der Waals surface area contributed by atoms with Crippen molar-refractivity contribution in [1.82, 2.24) is 14.6 Å². The van der Waals surface area contributed by atoms with Crippen molar-refractivity contribution >= 4 is 5.65 Å². The van der Waals surface area contributed by atoms with Crippen LogP contribution in [0.25, 0.3) is 5.65 Å². The van der Waals surface area contributed by atoms with Gasteiger partial charge in [0.05, 0.1) is 0 Å². The van der Waals surface area contributed by atoms with E-state index in [2.05, 4.69) is 10.1 Å². The first kappa shape index (κ1) is 9.78. The highest BCUT2D eigenvalue weighted by atomic mass is 16.5. The van der Waals surface area contributed by atoms with Gasteiger partial charge in [-0.3, -0.25) is 0 Å². The van der Waals surface area contributed by atoms with Crippen LogP contribution in [0.2, 0.25) is 0 Å². The average molecular weight is 217 g/mol. The number of nitrogens with zero attached hydrogens (tertiary/aromatic N) is 3. The van der Waals surface area contributed by atoms with Crippen molar-refractivity contribution in [2.24, 2.45) is 5.92 Å². The predicted octanol–water partition coefficient (Wildman–Crippen LogP) is 1.70. The SMILES string of the molecule is c1ccn2nc(CC3CCCOC3)nc2c1. The zero-order valence-electron chi connectivity index (χ0n) is 9.17. The summed E-state index contributed by atoms with van der Waals surface area (Å²) in [7, 11) is 0. The van der Waals surface area contributed by atoms with Crippen LogP contribution in [0.1, 0.15) is 18.7 Å². The summed E-state index contributed by atoms with van der Waals surface area (Å²) in [4.78, 5) is 4.50. The molecule has 3 rings (SSSR count). The van der Waals surface area contributed by atoms with Crippen LogP contribution in [0, 0.1) is 5.92 Å². The Balaban J connectivity index is 1.78. The second-order valence-corrected chi connectivity index (χ2v) is 4.32. The summed E-state index contributed by atoms with van der Waals surface area (Å²) in [6, 6.07) is 5.93. The van der Waals surface area contributed by atoms with E-state index in [1.54, 1.807) is 0 Å². The van der Waals surface area contributed by atoms with Gasteiger partial charge in [0, 0.05) is 25.8 Å². The molecular weight excluding hydrogens is 202 g/mol. The van der Waals surface area contributed by atoms with Gasteiger partial charge in [-0.15, -0.1) is 0 Å². The third kappa shape index (κ3) is 1.93. The maximum Gasteiger partial charge on any atom is 0.155 e. The number of fused-ring (bicyclic) bond motifs is 1. The van der Waals surface area contributed by atoms with Gasteiger partial charge >= 0.3 is 0 Å². The van der Waals surface area contributed by atoms with E-state index in [0.717, 1.165) is 37.5 Å². The molecule has 1 saturated heterocycles. The molecule has 0 aliphatic carbocycles. The van der Waals surface area contributed by atoms with Crippen molar-refractivity contribution in [1.29, 1.82) is 0 Å². The van der Waals surface area contributed by atoms with Gasteiger partial charge in [0.15, 0.2) is 11.5 Å². The van der Waals surface area contributed by atoms with Crippen LogP contribution in [0.3, 0.4) is 0 Å². The van der Waals surface area contributed by atoms with Gasteiger partial charge < -0.3 is 4.74 Å². The Bertz CT molecular complexity index is 441. The summed E-state index contributed by atoms with van der Waals surface area (Å²) >= 11 is 0. The van der Waals surface area contributed by atoms with Gasteiger partial charge in [-0.2, -0.15) is 5.10 Å². The first-order valence-electron chi connectivity index (χ1n) is 5.80. The third-order valence-corrected chi connectivity index (χ3v) is 3.01. The molecule has 84 valence electrons. The Morgan fingerprint density at radius 1 is 1.44 bits per heavy atom. The maximum absolute atomic E-state index is 5.47. The molecule has 4 nitrogen and oxygen atoms in total. The first-order chi connectivity index (χ1) is 7.92. The zero-order chi connectivity index (χ0) is 10.8. The number of rotatable bonds is 2. The van der Waals surface area contributed by atoms with Crippen LogP contribution in [0.4, 0.5) is 0 Å². The molecule has 0 N–H and O–H groups in total. The molecule has 1 aliphatic heterocycles. The number of hydrogen-bond donors (Lipinski definition) is 0.